The summed E-state index contributed by atoms with van der Waals surface area (Å²) in [4.78, 5) is 26.3. The molecule has 5 heteroatoms. The molecule has 2 aliphatic rings. The molecule has 0 aromatic heterocycles. The van der Waals surface area contributed by atoms with Crippen molar-refractivity contribution in [2.45, 2.75) is 44.9 Å². The molecule has 0 radical (unpaired) electrons. The van der Waals surface area contributed by atoms with Crippen LogP contribution < -0.4 is 10.6 Å². The van der Waals surface area contributed by atoms with E-state index in [1.165, 1.54) is 18.2 Å². The Hall–Kier alpha value is -1.91. The van der Waals surface area contributed by atoms with Gasteiger partial charge in [-0.2, -0.15) is 0 Å². The monoisotopic (exact) mass is 290 g/mol. The first-order chi connectivity index (χ1) is 10.0. The van der Waals surface area contributed by atoms with E-state index < -0.39 is 11.2 Å². The van der Waals surface area contributed by atoms with Crippen LogP contribution in [0.2, 0.25) is 0 Å². The van der Waals surface area contributed by atoms with Gasteiger partial charge in [-0.25, -0.2) is 9.29 Å². The Labute approximate surface area is 123 Å². The lowest BCUT2D eigenvalue weighted by molar-refractivity contribution is -0.126. The number of nitrogens with zero attached hydrogens (tertiary/aromatic N) is 1. The van der Waals surface area contributed by atoms with Crippen molar-refractivity contribution in [1.29, 1.82) is 0 Å². The first kappa shape index (κ1) is 14.0. The minimum Gasteiger partial charge on any atom is -0.397 e. The molecule has 1 saturated carbocycles. The number of nitrogens with two attached hydrogens (primary N) is 1. The van der Waals surface area contributed by atoms with Crippen molar-refractivity contribution < 1.29 is 14.0 Å². The Morgan fingerprint density at radius 1 is 1.10 bits per heavy atom. The molecule has 1 saturated heterocycles. The van der Waals surface area contributed by atoms with Gasteiger partial charge in [0.25, 0.3) is 0 Å². The second-order valence-corrected chi connectivity index (χ2v) is 6.11. The lowest BCUT2D eigenvalue weighted by Crippen LogP contribution is -2.36. The fourth-order valence-corrected chi connectivity index (χ4v) is 3.54. The third kappa shape index (κ3) is 2.30. The molecule has 112 valence electrons. The molecule has 1 aliphatic carbocycles. The van der Waals surface area contributed by atoms with Crippen LogP contribution in [-0.2, 0) is 9.59 Å². The van der Waals surface area contributed by atoms with Gasteiger partial charge in [0.15, 0.2) is 0 Å². The number of imide groups is 1. The highest BCUT2D eigenvalue weighted by molar-refractivity contribution is 6.23. The summed E-state index contributed by atoms with van der Waals surface area (Å²) in [5.41, 5.74) is 5.68. The molecular formula is C16H19FN2O2. The van der Waals surface area contributed by atoms with Crippen molar-refractivity contribution >= 4 is 23.2 Å². The predicted octanol–water partition coefficient (Wildman–Crippen LogP) is 3.01. The average molecular weight is 290 g/mol. The minimum absolute atomic E-state index is 0.186. The molecule has 1 heterocycles. The first-order valence-electron chi connectivity index (χ1n) is 7.46. The molecule has 1 aromatic carbocycles. The normalized spacial score (nSPS) is 21.9. The Bertz CT molecular complexity index is 592. The lowest BCUT2D eigenvalue weighted by Gasteiger charge is -2.25. The lowest BCUT2D eigenvalue weighted by atomic mass is 9.79. The Balaban J connectivity index is 1.99. The molecule has 21 heavy (non-hydrogen) atoms. The van der Waals surface area contributed by atoms with Crippen LogP contribution in [0, 0.1) is 11.2 Å². The molecule has 0 bridgehead atoms. The van der Waals surface area contributed by atoms with E-state index in [9.17, 15) is 14.0 Å². The van der Waals surface area contributed by atoms with Gasteiger partial charge in [-0.3, -0.25) is 9.59 Å². The van der Waals surface area contributed by atoms with E-state index in [0.29, 0.717) is 0 Å². The molecule has 2 N–H and O–H groups in total. The highest BCUT2D eigenvalue weighted by Crippen LogP contribution is 2.46. The van der Waals surface area contributed by atoms with Crippen molar-refractivity contribution in [3.8, 4) is 0 Å². The second-order valence-electron chi connectivity index (χ2n) is 6.11. The summed E-state index contributed by atoms with van der Waals surface area (Å²) in [6, 6.07) is 3.79. The van der Waals surface area contributed by atoms with Crippen molar-refractivity contribution in [3.05, 3.63) is 24.0 Å². The van der Waals surface area contributed by atoms with Gasteiger partial charge in [-0.1, -0.05) is 25.7 Å². The quantitative estimate of drug-likeness (QED) is 0.638. The standard InChI is InChI=1S/C16H19FN2O2/c17-11-5-6-12(18)13(9-11)19-14(20)10-16(15(19)21)7-3-1-2-4-8-16/h5-6,9H,1-4,7-8,10,18H2. The van der Waals surface area contributed by atoms with Gasteiger partial charge in [0.1, 0.15) is 5.82 Å². The number of rotatable bonds is 1. The van der Waals surface area contributed by atoms with Crippen LogP contribution in [0.15, 0.2) is 18.2 Å². The number of carbonyl (C=O) groups is 2. The molecular weight excluding hydrogens is 271 g/mol. The number of nitrogen functional groups attached to an aromatic ring is 1. The van der Waals surface area contributed by atoms with Gasteiger partial charge in [0, 0.05) is 12.5 Å². The average Bonchev–Trinajstić information content (AvgIpc) is 2.61. The van der Waals surface area contributed by atoms with Crippen LogP contribution >= 0.6 is 0 Å². The van der Waals surface area contributed by atoms with Gasteiger partial charge >= 0.3 is 0 Å². The zero-order valence-corrected chi connectivity index (χ0v) is 11.9. The van der Waals surface area contributed by atoms with Crippen LogP contribution in [0.1, 0.15) is 44.9 Å². The molecule has 1 spiro atoms. The third-order valence-electron chi connectivity index (χ3n) is 4.69. The second kappa shape index (κ2) is 5.13. The number of amides is 2. The van der Waals surface area contributed by atoms with Gasteiger partial charge in [0.05, 0.1) is 16.8 Å². The van der Waals surface area contributed by atoms with Crippen LogP contribution in [0.5, 0.6) is 0 Å². The highest BCUT2D eigenvalue weighted by atomic mass is 19.1. The Morgan fingerprint density at radius 3 is 2.43 bits per heavy atom. The maximum Gasteiger partial charge on any atom is 0.240 e. The van der Waals surface area contributed by atoms with E-state index in [1.54, 1.807) is 0 Å². The van der Waals surface area contributed by atoms with Gasteiger partial charge in [0.2, 0.25) is 11.8 Å². The highest BCUT2D eigenvalue weighted by Gasteiger charge is 2.51. The summed E-state index contributed by atoms with van der Waals surface area (Å²) in [5.74, 6) is -0.965. The number of halogens is 1. The Morgan fingerprint density at radius 2 is 1.76 bits per heavy atom. The van der Waals surface area contributed by atoms with Crippen LogP contribution in [0.25, 0.3) is 0 Å². The largest absolute Gasteiger partial charge is 0.397 e. The van der Waals surface area contributed by atoms with Crippen LogP contribution in [0.3, 0.4) is 0 Å². The molecule has 0 atom stereocenters. The zero-order chi connectivity index (χ0) is 15.0. The fourth-order valence-electron chi connectivity index (χ4n) is 3.54. The fraction of sp³-hybridized carbons (Fsp3) is 0.500. The molecule has 1 aliphatic heterocycles. The summed E-state index contributed by atoms with van der Waals surface area (Å²) < 4.78 is 13.4. The molecule has 2 amide bonds. The summed E-state index contributed by atoms with van der Waals surface area (Å²) in [5, 5.41) is 0. The van der Waals surface area contributed by atoms with E-state index in [1.807, 2.05) is 0 Å². The number of hydrogen-bond donors (Lipinski definition) is 1. The first-order valence-corrected chi connectivity index (χ1v) is 7.46. The van der Waals surface area contributed by atoms with Crippen LogP contribution in [0.4, 0.5) is 15.8 Å². The topological polar surface area (TPSA) is 63.4 Å². The summed E-state index contributed by atoms with van der Waals surface area (Å²) in [6.07, 6.45) is 5.84. The maximum atomic E-state index is 13.4. The van der Waals surface area contributed by atoms with E-state index in [-0.39, 0.29) is 29.6 Å². The predicted molar refractivity (Wildman–Crippen MR) is 78.1 cm³/mol. The number of benzene rings is 1. The number of anilines is 2. The van der Waals surface area contributed by atoms with E-state index in [2.05, 4.69) is 0 Å². The van der Waals surface area contributed by atoms with Crippen molar-refractivity contribution in [2.24, 2.45) is 5.41 Å². The molecule has 2 fully saturated rings. The smallest absolute Gasteiger partial charge is 0.240 e. The van der Waals surface area contributed by atoms with E-state index in [0.717, 1.165) is 43.4 Å². The Kier molecular flexibility index (Phi) is 3.43. The molecule has 1 aromatic rings. The molecule has 0 unspecified atom stereocenters. The zero-order valence-electron chi connectivity index (χ0n) is 11.9. The van der Waals surface area contributed by atoms with Gasteiger partial charge in [-0.15, -0.1) is 0 Å². The SMILES string of the molecule is Nc1ccc(F)cc1N1C(=O)CC2(CCCCCC2)C1=O. The molecule has 4 nitrogen and oxygen atoms in total. The van der Waals surface area contributed by atoms with Crippen molar-refractivity contribution in [1.82, 2.24) is 0 Å². The van der Waals surface area contributed by atoms with Gasteiger partial charge < -0.3 is 5.73 Å². The van der Waals surface area contributed by atoms with Crippen molar-refractivity contribution in [3.63, 3.8) is 0 Å². The van der Waals surface area contributed by atoms with Crippen LogP contribution in [-0.4, -0.2) is 11.8 Å². The summed E-state index contributed by atoms with van der Waals surface area (Å²) in [7, 11) is 0. The summed E-state index contributed by atoms with van der Waals surface area (Å²) in [6.45, 7) is 0. The number of hydrogen-bond acceptors (Lipinski definition) is 3. The van der Waals surface area contributed by atoms with E-state index >= 15 is 0 Å². The minimum atomic E-state index is -0.591. The molecule has 3 rings (SSSR count). The van der Waals surface area contributed by atoms with E-state index in [4.69, 9.17) is 5.73 Å². The maximum absolute atomic E-state index is 13.4. The number of carbonyl (C=O) groups excluding carboxylic acids is 2. The van der Waals surface area contributed by atoms with Crippen molar-refractivity contribution in [2.75, 3.05) is 10.6 Å². The summed E-state index contributed by atoms with van der Waals surface area (Å²) >= 11 is 0. The third-order valence-corrected chi connectivity index (χ3v) is 4.69. The van der Waals surface area contributed by atoms with Gasteiger partial charge in [-0.05, 0) is 25.0 Å².